The van der Waals surface area contributed by atoms with Gasteiger partial charge in [-0.05, 0) is 12.1 Å². The van der Waals surface area contributed by atoms with Crippen LogP contribution in [0.2, 0.25) is 0 Å². The van der Waals surface area contributed by atoms with E-state index >= 15 is 0 Å². The number of para-hydroxylation sites is 1. The Morgan fingerprint density at radius 1 is 1.00 bits per heavy atom. The topological polar surface area (TPSA) is 75.5 Å². The zero-order valence-corrected chi connectivity index (χ0v) is 8.32. The van der Waals surface area contributed by atoms with E-state index in [9.17, 15) is 0 Å². The number of benzene rings is 1. The van der Waals surface area contributed by atoms with Crippen LogP contribution in [0.1, 0.15) is 0 Å². The van der Waals surface area contributed by atoms with E-state index in [1.165, 1.54) is 12.4 Å². The van der Waals surface area contributed by atoms with Gasteiger partial charge in [-0.25, -0.2) is 9.97 Å². The van der Waals surface area contributed by atoms with Crippen molar-refractivity contribution >= 4 is 12.6 Å². The minimum atomic E-state index is -1.56. The van der Waals surface area contributed by atoms with Gasteiger partial charge in [0.2, 0.25) is 0 Å². The summed E-state index contributed by atoms with van der Waals surface area (Å²) in [4.78, 5) is 7.68. The highest BCUT2D eigenvalue weighted by molar-refractivity contribution is 6.58. The van der Waals surface area contributed by atoms with Crippen LogP contribution in [0, 0.1) is 0 Å². The third-order valence-electron chi connectivity index (χ3n) is 1.90. The Kier molecular flexibility index (Phi) is 3.14. The minimum absolute atomic E-state index is 0.163. The predicted octanol–water partition coefficient (Wildman–Crippen LogP) is -0.0513. The number of nitrogens with zero attached hydrogens (tertiary/aromatic N) is 2. The lowest BCUT2D eigenvalue weighted by Crippen LogP contribution is -2.30. The number of hydrogen-bond donors (Lipinski definition) is 2. The van der Waals surface area contributed by atoms with Crippen molar-refractivity contribution < 1.29 is 14.8 Å². The Bertz CT molecular complexity index is 447. The van der Waals surface area contributed by atoms with E-state index in [0.717, 1.165) is 0 Å². The Balaban J connectivity index is 2.11. The zero-order valence-electron chi connectivity index (χ0n) is 8.32. The van der Waals surface area contributed by atoms with Gasteiger partial charge >= 0.3 is 13.1 Å². The van der Waals surface area contributed by atoms with Crippen molar-refractivity contribution in [1.29, 1.82) is 0 Å². The first-order valence-corrected chi connectivity index (χ1v) is 4.66. The lowest BCUT2D eigenvalue weighted by atomic mass is 9.83. The SMILES string of the molecule is OB(O)c1cnc(Oc2ccccc2)nc1. The number of rotatable bonds is 3. The first-order chi connectivity index (χ1) is 7.75. The Morgan fingerprint density at radius 3 is 2.19 bits per heavy atom. The first kappa shape index (κ1) is 10.6. The van der Waals surface area contributed by atoms with Gasteiger partial charge in [-0.3, -0.25) is 0 Å². The third-order valence-corrected chi connectivity index (χ3v) is 1.90. The van der Waals surface area contributed by atoms with Gasteiger partial charge in [0.15, 0.2) is 0 Å². The van der Waals surface area contributed by atoms with E-state index in [4.69, 9.17) is 14.8 Å². The molecule has 0 atom stereocenters. The lowest BCUT2D eigenvalue weighted by molar-refractivity contribution is 0.423. The number of aromatic nitrogens is 2. The molecule has 0 bridgehead atoms. The Labute approximate surface area is 92.5 Å². The van der Waals surface area contributed by atoms with Gasteiger partial charge in [-0.2, -0.15) is 0 Å². The van der Waals surface area contributed by atoms with Crippen molar-refractivity contribution in [2.45, 2.75) is 0 Å². The number of hydrogen-bond acceptors (Lipinski definition) is 5. The summed E-state index contributed by atoms with van der Waals surface area (Å²) in [7, 11) is -1.56. The fourth-order valence-corrected chi connectivity index (χ4v) is 1.11. The summed E-state index contributed by atoms with van der Waals surface area (Å²) in [6.07, 6.45) is 2.60. The quantitative estimate of drug-likeness (QED) is 0.703. The molecule has 0 spiro atoms. The molecule has 5 nitrogen and oxygen atoms in total. The van der Waals surface area contributed by atoms with Gasteiger partial charge < -0.3 is 14.8 Å². The van der Waals surface area contributed by atoms with Crippen molar-refractivity contribution in [3.05, 3.63) is 42.7 Å². The van der Waals surface area contributed by atoms with E-state index in [1.54, 1.807) is 12.1 Å². The van der Waals surface area contributed by atoms with E-state index in [0.29, 0.717) is 5.75 Å². The molecule has 16 heavy (non-hydrogen) atoms. The fourth-order valence-electron chi connectivity index (χ4n) is 1.11. The summed E-state index contributed by atoms with van der Waals surface area (Å²) in [5.41, 5.74) is 0.223. The molecule has 6 heteroatoms. The molecule has 0 aliphatic heterocycles. The van der Waals surface area contributed by atoms with Crippen molar-refractivity contribution in [2.75, 3.05) is 0 Å². The fraction of sp³-hybridized carbons (Fsp3) is 0. The summed E-state index contributed by atoms with van der Waals surface area (Å²) < 4.78 is 5.33. The molecule has 0 saturated carbocycles. The van der Waals surface area contributed by atoms with Crippen LogP contribution < -0.4 is 10.2 Å². The highest BCUT2D eigenvalue weighted by Gasteiger charge is 2.11. The standard InChI is InChI=1S/C10H9BN2O3/c14-11(15)8-6-12-10(13-7-8)16-9-4-2-1-3-5-9/h1-7,14-15H. The second kappa shape index (κ2) is 4.74. The maximum atomic E-state index is 8.84. The Hall–Kier alpha value is -1.92. The van der Waals surface area contributed by atoms with E-state index in [2.05, 4.69) is 9.97 Å². The van der Waals surface area contributed by atoms with Gasteiger partial charge in [0.25, 0.3) is 0 Å². The Morgan fingerprint density at radius 2 is 1.62 bits per heavy atom. The largest absolute Gasteiger partial charge is 0.491 e. The molecule has 1 aromatic heterocycles. The van der Waals surface area contributed by atoms with Crippen LogP contribution in [0.3, 0.4) is 0 Å². The van der Waals surface area contributed by atoms with E-state index in [-0.39, 0.29) is 11.5 Å². The summed E-state index contributed by atoms with van der Waals surface area (Å²) >= 11 is 0. The average molecular weight is 216 g/mol. The molecular formula is C10H9BN2O3. The highest BCUT2D eigenvalue weighted by Crippen LogP contribution is 2.14. The van der Waals surface area contributed by atoms with Crippen LogP contribution in [0.5, 0.6) is 11.8 Å². The average Bonchev–Trinajstić information content (AvgIpc) is 2.31. The number of ether oxygens (including phenoxy) is 1. The lowest BCUT2D eigenvalue weighted by Gasteiger charge is -2.03. The molecule has 0 radical (unpaired) electrons. The maximum absolute atomic E-state index is 8.84. The van der Waals surface area contributed by atoms with Crippen LogP contribution in [0.25, 0.3) is 0 Å². The van der Waals surface area contributed by atoms with Gasteiger partial charge in [0, 0.05) is 17.9 Å². The van der Waals surface area contributed by atoms with Crippen molar-refractivity contribution in [3.8, 4) is 11.8 Å². The zero-order chi connectivity index (χ0) is 11.4. The summed E-state index contributed by atoms with van der Waals surface area (Å²) in [6.45, 7) is 0. The summed E-state index contributed by atoms with van der Waals surface area (Å²) in [5.74, 6) is 0.625. The summed E-state index contributed by atoms with van der Waals surface area (Å²) in [5, 5.41) is 17.7. The van der Waals surface area contributed by atoms with Crippen molar-refractivity contribution in [1.82, 2.24) is 9.97 Å². The van der Waals surface area contributed by atoms with E-state index < -0.39 is 7.12 Å². The molecule has 0 fully saturated rings. The first-order valence-electron chi connectivity index (χ1n) is 4.66. The summed E-state index contributed by atoms with van der Waals surface area (Å²) in [6, 6.07) is 9.26. The van der Waals surface area contributed by atoms with Gasteiger partial charge in [0.1, 0.15) is 5.75 Å². The van der Waals surface area contributed by atoms with Crippen molar-refractivity contribution in [3.63, 3.8) is 0 Å². The van der Waals surface area contributed by atoms with E-state index in [1.807, 2.05) is 18.2 Å². The van der Waals surface area contributed by atoms with Crippen LogP contribution >= 0.6 is 0 Å². The molecule has 1 aromatic carbocycles. The molecule has 2 N–H and O–H groups in total. The molecule has 2 aromatic rings. The van der Waals surface area contributed by atoms with Gasteiger partial charge in [-0.15, -0.1) is 0 Å². The monoisotopic (exact) mass is 216 g/mol. The second-order valence-electron chi connectivity index (χ2n) is 3.09. The van der Waals surface area contributed by atoms with Crippen LogP contribution in [0.4, 0.5) is 0 Å². The molecule has 0 aliphatic rings. The molecule has 80 valence electrons. The second-order valence-corrected chi connectivity index (χ2v) is 3.09. The third kappa shape index (κ3) is 2.56. The molecule has 2 rings (SSSR count). The van der Waals surface area contributed by atoms with Gasteiger partial charge in [0.05, 0.1) is 0 Å². The molecule has 0 unspecified atom stereocenters. The normalized spacial score (nSPS) is 9.88. The molecule has 0 amide bonds. The molecule has 0 aliphatic carbocycles. The molecular weight excluding hydrogens is 207 g/mol. The van der Waals surface area contributed by atoms with Crippen LogP contribution in [0.15, 0.2) is 42.7 Å². The minimum Gasteiger partial charge on any atom is -0.424 e. The molecule has 1 heterocycles. The highest BCUT2D eigenvalue weighted by atomic mass is 16.5. The van der Waals surface area contributed by atoms with Crippen molar-refractivity contribution in [2.24, 2.45) is 0 Å². The smallest absolute Gasteiger partial charge is 0.424 e. The molecule has 0 saturated heterocycles. The maximum Gasteiger partial charge on any atom is 0.491 e. The van der Waals surface area contributed by atoms with Crippen LogP contribution in [-0.2, 0) is 0 Å². The van der Waals surface area contributed by atoms with Crippen LogP contribution in [-0.4, -0.2) is 27.1 Å². The predicted molar refractivity (Wildman–Crippen MR) is 58.4 cm³/mol. The van der Waals surface area contributed by atoms with Gasteiger partial charge in [-0.1, -0.05) is 18.2 Å².